The summed E-state index contributed by atoms with van der Waals surface area (Å²) in [5, 5.41) is 7.53. The first-order chi connectivity index (χ1) is 11.2. The van der Waals surface area contributed by atoms with E-state index in [0.717, 1.165) is 24.3 Å². The summed E-state index contributed by atoms with van der Waals surface area (Å²) in [5.74, 6) is 0.585. The Hall–Kier alpha value is -1.89. The van der Waals surface area contributed by atoms with E-state index in [9.17, 15) is 4.79 Å². The number of hydrogen-bond acceptors (Lipinski definition) is 5. The van der Waals surface area contributed by atoms with E-state index in [4.69, 9.17) is 20.9 Å². The number of morpholine rings is 1. The van der Waals surface area contributed by atoms with Crippen molar-refractivity contribution < 1.29 is 14.1 Å². The van der Waals surface area contributed by atoms with Gasteiger partial charge in [-0.3, -0.25) is 9.69 Å². The van der Waals surface area contributed by atoms with Gasteiger partial charge >= 0.3 is 0 Å². The number of ether oxygens (including phenoxy) is 1. The van der Waals surface area contributed by atoms with Crippen molar-refractivity contribution in [2.75, 3.05) is 32.8 Å². The smallest absolute Gasteiger partial charge is 0.234 e. The molecule has 122 valence electrons. The van der Waals surface area contributed by atoms with E-state index >= 15 is 0 Å². The molecule has 0 bridgehead atoms. The van der Waals surface area contributed by atoms with Crippen LogP contribution in [-0.4, -0.2) is 48.8 Å². The van der Waals surface area contributed by atoms with Crippen LogP contribution in [0.5, 0.6) is 0 Å². The Balaban J connectivity index is 1.50. The molecule has 0 spiro atoms. The number of amides is 1. The molecule has 1 aliphatic heterocycles. The quantitative estimate of drug-likeness (QED) is 0.904. The average Bonchev–Trinajstić information content (AvgIpc) is 3.04. The van der Waals surface area contributed by atoms with Gasteiger partial charge in [-0.05, 0) is 12.1 Å². The number of rotatable bonds is 5. The lowest BCUT2D eigenvalue weighted by atomic mass is 10.1. The van der Waals surface area contributed by atoms with Gasteiger partial charge in [0.1, 0.15) is 5.69 Å². The molecule has 1 aromatic heterocycles. The Morgan fingerprint density at radius 2 is 2.00 bits per heavy atom. The first kappa shape index (κ1) is 16.0. The molecule has 1 aliphatic rings. The summed E-state index contributed by atoms with van der Waals surface area (Å²) in [4.78, 5) is 14.0. The Kier molecular flexibility index (Phi) is 5.27. The number of carbonyl (C=O) groups excluding carboxylic acids is 1. The highest BCUT2D eigenvalue weighted by Gasteiger charge is 2.14. The number of benzene rings is 1. The molecule has 6 nitrogen and oxygen atoms in total. The number of carbonyl (C=O) groups is 1. The van der Waals surface area contributed by atoms with Gasteiger partial charge in [0.25, 0.3) is 0 Å². The zero-order chi connectivity index (χ0) is 16.1. The third kappa shape index (κ3) is 4.54. The van der Waals surface area contributed by atoms with Crippen LogP contribution in [-0.2, 0) is 16.1 Å². The first-order valence-electron chi connectivity index (χ1n) is 7.49. The van der Waals surface area contributed by atoms with Gasteiger partial charge in [0, 0.05) is 29.7 Å². The minimum Gasteiger partial charge on any atom is -0.379 e. The summed E-state index contributed by atoms with van der Waals surface area (Å²) in [7, 11) is 0. The highest BCUT2D eigenvalue weighted by molar-refractivity contribution is 6.30. The van der Waals surface area contributed by atoms with Crippen LogP contribution in [0.15, 0.2) is 34.9 Å². The van der Waals surface area contributed by atoms with Crippen molar-refractivity contribution in [2.45, 2.75) is 6.54 Å². The molecule has 1 saturated heterocycles. The van der Waals surface area contributed by atoms with Crippen molar-refractivity contribution >= 4 is 17.5 Å². The molecule has 0 radical (unpaired) electrons. The molecular formula is C16H18ClN3O3. The van der Waals surface area contributed by atoms with E-state index < -0.39 is 0 Å². The number of halogens is 1. The second-order valence-electron chi connectivity index (χ2n) is 5.35. The highest BCUT2D eigenvalue weighted by atomic mass is 35.5. The predicted molar refractivity (Wildman–Crippen MR) is 86.1 cm³/mol. The van der Waals surface area contributed by atoms with Crippen LogP contribution in [0.4, 0.5) is 0 Å². The van der Waals surface area contributed by atoms with Crippen LogP contribution >= 0.6 is 11.6 Å². The highest BCUT2D eigenvalue weighted by Crippen LogP contribution is 2.21. The van der Waals surface area contributed by atoms with Crippen LogP contribution in [0.2, 0.25) is 5.02 Å². The van der Waals surface area contributed by atoms with E-state index in [0.29, 0.717) is 37.1 Å². The Labute approximate surface area is 139 Å². The van der Waals surface area contributed by atoms with Crippen molar-refractivity contribution in [3.63, 3.8) is 0 Å². The van der Waals surface area contributed by atoms with Gasteiger partial charge in [-0.15, -0.1) is 0 Å². The molecule has 23 heavy (non-hydrogen) atoms. The van der Waals surface area contributed by atoms with E-state index in [1.54, 1.807) is 12.1 Å². The second kappa shape index (κ2) is 7.59. The van der Waals surface area contributed by atoms with Gasteiger partial charge in [0.2, 0.25) is 5.91 Å². The molecule has 0 unspecified atom stereocenters. The SMILES string of the molecule is O=C(CN1CCOCC1)NCc1cc(-c2ccc(Cl)cc2)no1. The molecule has 1 N–H and O–H groups in total. The van der Waals surface area contributed by atoms with Crippen LogP contribution < -0.4 is 5.32 Å². The van der Waals surface area contributed by atoms with Crippen molar-refractivity contribution in [1.82, 2.24) is 15.4 Å². The summed E-state index contributed by atoms with van der Waals surface area (Å²) in [5.41, 5.74) is 1.64. The van der Waals surface area contributed by atoms with Crippen molar-refractivity contribution in [3.05, 3.63) is 41.1 Å². The number of aromatic nitrogens is 1. The van der Waals surface area contributed by atoms with Crippen LogP contribution in [0.1, 0.15) is 5.76 Å². The topological polar surface area (TPSA) is 67.6 Å². The number of nitrogens with zero attached hydrogens (tertiary/aromatic N) is 2. The minimum atomic E-state index is -0.0312. The zero-order valence-electron chi connectivity index (χ0n) is 12.6. The summed E-state index contributed by atoms with van der Waals surface area (Å²) in [6.45, 7) is 3.64. The maximum absolute atomic E-state index is 11.9. The van der Waals surface area contributed by atoms with Gasteiger partial charge in [-0.2, -0.15) is 0 Å². The van der Waals surface area contributed by atoms with Gasteiger partial charge in [-0.25, -0.2) is 0 Å². The lowest BCUT2D eigenvalue weighted by Gasteiger charge is -2.25. The Morgan fingerprint density at radius 1 is 1.26 bits per heavy atom. The zero-order valence-corrected chi connectivity index (χ0v) is 13.4. The van der Waals surface area contributed by atoms with E-state index in [1.807, 2.05) is 18.2 Å². The molecule has 2 aromatic rings. The lowest BCUT2D eigenvalue weighted by Crippen LogP contribution is -2.42. The van der Waals surface area contributed by atoms with Crippen molar-refractivity contribution in [1.29, 1.82) is 0 Å². The summed E-state index contributed by atoms with van der Waals surface area (Å²) in [6.07, 6.45) is 0. The Morgan fingerprint density at radius 3 is 2.74 bits per heavy atom. The standard InChI is InChI=1S/C16H18ClN3O3/c17-13-3-1-12(2-4-13)15-9-14(23-19-15)10-18-16(21)11-20-5-7-22-8-6-20/h1-4,9H,5-8,10-11H2,(H,18,21). The minimum absolute atomic E-state index is 0.0312. The molecule has 0 aliphatic carbocycles. The summed E-state index contributed by atoms with van der Waals surface area (Å²) < 4.78 is 10.5. The van der Waals surface area contributed by atoms with Crippen molar-refractivity contribution in [3.8, 4) is 11.3 Å². The third-order valence-electron chi connectivity index (χ3n) is 3.63. The predicted octanol–water partition coefficient (Wildman–Crippen LogP) is 1.94. The summed E-state index contributed by atoms with van der Waals surface area (Å²) in [6, 6.07) is 9.17. The number of nitrogens with one attached hydrogen (secondary N) is 1. The molecule has 1 amide bonds. The second-order valence-corrected chi connectivity index (χ2v) is 5.79. The lowest BCUT2D eigenvalue weighted by molar-refractivity contribution is -0.123. The average molecular weight is 336 g/mol. The monoisotopic (exact) mass is 335 g/mol. The molecule has 0 saturated carbocycles. The first-order valence-corrected chi connectivity index (χ1v) is 7.87. The molecular weight excluding hydrogens is 318 g/mol. The van der Waals surface area contributed by atoms with Gasteiger partial charge in [0.15, 0.2) is 5.76 Å². The van der Waals surface area contributed by atoms with Crippen molar-refractivity contribution in [2.24, 2.45) is 0 Å². The molecule has 3 rings (SSSR count). The van der Waals surface area contributed by atoms with Gasteiger partial charge in [0.05, 0.1) is 26.3 Å². The molecule has 2 heterocycles. The van der Waals surface area contributed by atoms with E-state index in [1.165, 1.54) is 0 Å². The van der Waals surface area contributed by atoms with Crippen LogP contribution in [0, 0.1) is 0 Å². The fraction of sp³-hybridized carbons (Fsp3) is 0.375. The van der Waals surface area contributed by atoms with E-state index in [2.05, 4.69) is 15.4 Å². The largest absolute Gasteiger partial charge is 0.379 e. The van der Waals surface area contributed by atoms with Gasteiger partial charge in [-0.1, -0.05) is 28.9 Å². The fourth-order valence-electron chi connectivity index (χ4n) is 2.36. The maximum atomic E-state index is 11.9. The molecule has 1 aromatic carbocycles. The normalized spacial score (nSPS) is 15.5. The molecule has 1 fully saturated rings. The van der Waals surface area contributed by atoms with E-state index in [-0.39, 0.29) is 5.91 Å². The Bertz CT molecular complexity index is 651. The summed E-state index contributed by atoms with van der Waals surface area (Å²) >= 11 is 5.87. The molecule has 7 heteroatoms. The fourth-order valence-corrected chi connectivity index (χ4v) is 2.48. The number of hydrogen-bond donors (Lipinski definition) is 1. The third-order valence-corrected chi connectivity index (χ3v) is 3.88. The van der Waals surface area contributed by atoms with Crippen LogP contribution in [0.3, 0.4) is 0 Å². The molecule has 0 atom stereocenters. The maximum Gasteiger partial charge on any atom is 0.234 e. The van der Waals surface area contributed by atoms with Gasteiger partial charge < -0.3 is 14.6 Å². The van der Waals surface area contributed by atoms with Crippen LogP contribution in [0.25, 0.3) is 11.3 Å².